The van der Waals surface area contributed by atoms with Crippen LogP contribution in [0.3, 0.4) is 0 Å². The van der Waals surface area contributed by atoms with E-state index < -0.39 is 0 Å². The molecular weight excluding hydrogens is 345 g/mol. The van der Waals surface area contributed by atoms with E-state index in [2.05, 4.69) is 20.6 Å². The first-order valence-electron chi connectivity index (χ1n) is 9.26. The molecule has 3 rings (SSSR count). The maximum atomic E-state index is 13.0. The van der Waals surface area contributed by atoms with Crippen LogP contribution in [0, 0.1) is 12.7 Å². The van der Waals surface area contributed by atoms with Gasteiger partial charge in [-0.25, -0.2) is 9.37 Å². The van der Waals surface area contributed by atoms with E-state index in [4.69, 9.17) is 0 Å². The maximum Gasteiger partial charge on any atom is 0.251 e. The number of carbonyl (C=O) groups is 1. The fraction of sp³-hybridized carbons (Fsp3) is 0.450. The Labute approximate surface area is 159 Å². The van der Waals surface area contributed by atoms with Gasteiger partial charge in [-0.05, 0) is 56.9 Å². The van der Waals surface area contributed by atoms with Gasteiger partial charge >= 0.3 is 0 Å². The number of amides is 1. The predicted molar refractivity (Wildman–Crippen MR) is 105 cm³/mol. The molecule has 1 amide bonds. The Morgan fingerprint density at radius 3 is 2.37 bits per heavy atom. The zero-order chi connectivity index (χ0) is 19.4. The summed E-state index contributed by atoms with van der Waals surface area (Å²) in [6.07, 6.45) is 5.47. The second-order valence-electron chi connectivity index (χ2n) is 7.27. The Morgan fingerprint density at radius 2 is 1.74 bits per heavy atom. The van der Waals surface area contributed by atoms with Gasteiger partial charge < -0.3 is 15.5 Å². The molecule has 1 aromatic heterocycles. The van der Waals surface area contributed by atoms with Crippen molar-refractivity contribution in [2.24, 2.45) is 0 Å². The fourth-order valence-corrected chi connectivity index (χ4v) is 3.39. The van der Waals surface area contributed by atoms with E-state index in [0.29, 0.717) is 17.6 Å². The summed E-state index contributed by atoms with van der Waals surface area (Å²) >= 11 is 0. The summed E-state index contributed by atoms with van der Waals surface area (Å²) < 4.78 is 13.0. The Bertz CT molecular complexity index is 785. The van der Waals surface area contributed by atoms with Crippen LogP contribution in [0.25, 0.3) is 0 Å². The molecule has 1 aliphatic rings. The van der Waals surface area contributed by atoms with Crippen molar-refractivity contribution in [2.75, 3.05) is 24.3 Å². The third kappa shape index (κ3) is 4.93. The minimum absolute atomic E-state index is 0.136. The van der Waals surface area contributed by atoms with Crippen LogP contribution in [0.2, 0.25) is 0 Å². The van der Waals surface area contributed by atoms with Crippen LogP contribution in [0.4, 0.5) is 16.2 Å². The highest BCUT2D eigenvalue weighted by atomic mass is 19.1. The van der Waals surface area contributed by atoms with E-state index in [9.17, 15) is 9.18 Å². The van der Waals surface area contributed by atoms with Gasteiger partial charge in [-0.2, -0.15) is 4.98 Å². The van der Waals surface area contributed by atoms with Gasteiger partial charge in [0.15, 0.2) is 0 Å². The van der Waals surface area contributed by atoms with E-state index >= 15 is 0 Å². The van der Waals surface area contributed by atoms with Crippen molar-refractivity contribution in [3.63, 3.8) is 0 Å². The number of nitrogens with one attached hydrogen (secondary N) is 2. The lowest BCUT2D eigenvalue weighted by atomic mass is 9.91. The quantitative estimate of drug-likeness (QED) is 0.845. The molecule has 7 heteroatoms. The molecule has 0 unspecified atom stereocenters. The van der Waals surface area contributed by atoms with E-state index in [0.717, 1.165) is 37.1 Å². The average molecular weight is 371 g/mol. The smallest absolute Gasteiger partial charge is 0.251 e. The normalized spacial score (nSPS) is 19.4. The van der Waals surface area contributed by atoms with Gasteiger partial charge in [0.1, 0.15) is 11.6 Å². The van der Waals surface area contributed by atoms with Gasteiger partial charge in [0, 0.05) is 43.5 Å². The summed E-state index contributed by atoms with van der Waals surface area (Å²) in [7, 11) is 3.93. The van der Waals surface area contributed by atoms with Gasteiger partial charge in [-0.15, -0.1) is 0 Å². The number of hydrogen-bond acceptors (Lipinski definition) is 5. The van der Waals surface area contributed by atoms with Gasteiger partial charge in [-0.1, -0.05) is 0 Å². The van der Waals surface area contributed by atoms with Crippen molar-refractivity contribution in [2.45, 2.75) is 44.7 Å². The van der Waals surface area contributed by atoms with E-state index in [1.54, 1.807) is 0 Å². The highest BCUT2D eigenvalue weighted by Gasteiger charge is 2.23. The third-order valence-corrected chi connectivity index (χ3v) is 4.87. The summed E-state index contributed by atoms with van der Waals surface area (Å²) in [6, 6.07) is 6.06. The summed E-state index contributed by atoms with van der Waals surface area (Å²) in [5.41, 5.74) is 1.53. The molecule has 0 radical (unpaired) electrons. The zero-order valence-corrected chi connectivity index (χ0v) is 16.0. The minimum atomic E-state index is -0.339. The summed E-state index contributed by atoms with van der Waals surface area (Å²) in [5, 5.41) is 6.46. The Kier molecular flexibility index (Phi) is 5.88. The molecule has 0 bridgehead atoms. The number of hydrogen-bond donors (Lipinski definition) is 2. The molecule has 2 N–H and O–H groups in total. The van der Waals surface area contributed by atoms with Crippen molar-refractivity contribution in [1.29, 1.82) is 0 Å². The van der Waals surface area contributed by atoms with Gasteiger partial charge in [0.2, 0.25) is 5.95 Å². The molecule has 0 saturated heterocycles. The number of anilines is 2. The van der Waals surface area contributed by atoms with Crippen LogP contribution >= 0.6 is 0 Å². The molecule has 0 aliphatic heterocycles. The number of aryl methyl sites for hydroxylation is 1. The molecule has 1 aromatic carbocycles. The largest absolute Gasteiger partial charge is 0.362 e. The zero-order valence-electron chi connectivity index (χ0n) is 16.0. The molecule has 1 aliphatic carbocycles. The van der Waals surface area contributed by atoms with E-state index in [1.807, 2.05) is 32.1 Å². The molecular formula is C20H26FN5O. The van der Waals surface area contributed by atoms with E-state index in [-0.39, 0.29) is 17.8 Å². The summed E-state index contributed by atoms with van der Waals surface area (Å²) in [6.45, 7) is 1.99. The molecule has 1 fully saturated rings. The number of aromatic nitrogens is 2. The SMILES string of the molecule is Cc1cnc(N[C@H]2CC[C@@H](NC(=O)c3ccc(F)cc3)CC2)nc1N(C)C. The average Bonchev–Trinajstić information content (AvgIpc) is 2.65. The first-order chi connectivity index (χ1) is 12.9. The Balaban J connectivity index is 1.51. The van der Waals surface area contributed by atoms with Crippen molar-refractivity contribution in [1.82, 2.24) is 15.3 Å². The molecule has 144 valence electrons. The molecule has 2 aromatic rings. The molecule has 1 saturated carbocycles. The van der Waals surface area contributed by atoms with Crippen LogP contribution in [0.5, 0.6) is 0 Å². The van der Waals surface area contributed by atoms with Gasteiger partial charge in [-0.3, -0.25) is 4.79 Å². The first-order valence-corrected chi connectivity index (χ1v) is 9.26. The standard InChI is InChI=1S/C20H26FN5O/c1-13-12-22-20(25-18(13)26(2)3)24-17-10-8-16(9-11-17)23-19(27)14-4-6-15(21)7-5-14/h4-7,12,16-17H,8-11H2,1-3H3,(H,23,27)(H,22,24,25)/t16-,17+. The lowest BCUT2D eigenvalue weighted by molar-refractivity contribution is 0.0926. The van der Waals surface area contributed by atoms with Crippen LogP contribution in [0.1, 0.15) is 41.6 Å². The highest BCUT2D eigenvalue weighted by molar-refractivity contribution is 5.94. The molecule has 27 heavy (non-hydrogen) atoms. The van der Waals surface area contributed by atoms with Gasteiger partial charge in [0.25, 0.3) is 5.91 Å². The highest BCUT2D eigenvalue weighted by Crippen LogP contribution is 2.23. The second kappa shape index (κ2) is 8.33. The Hall–Kier alpha value is -2.70. The first kappa shape index (κ1) is 19.1. The third-order valence-electron chi connectivity index (χ3n) is 4.87. The number of nitrogens with zero attached hydrogens (tertiary/aromatic N) is 3. The lowest BCUT2D eigenvalue weighted by Crippen LogP contribution is -2.40. The minimum Gasteiger partial charge on any atom is -0.362 e. The topological polar surface area (TPSA) is 70.1 Å². The van der Waals surface area contributed by atoms with Crippen molar-refractivity contribution in [3.05, 3.63) is 47.4 Å². The molecule has 0 spiro atoms. The summed E-state index contributed by atoms with van der Waals surface area (Å²) in [4.78, 5) is 23.2. The Morgan fingerprint density at radius 1 is 1.11 bits per heavy atom. The molecule has 6 nitrogen and oxygen atoms in total. The van der Waals surface area contributed by atoms with E-state index in [1.165, 1.54) is 24.3 Å². The van der Waals surface area contributed by atoms with Crippen LogP contribution in [0.15, 0.2) is 30.5 Å². The van der Waals surface area contributed by atoms with Crippen LogP contribution in [-0.4, -0.2) is 42.1 Å². The lowest BCUT2D eigenvalue weighted by Gasteiger charge is -2.30. The number of halogens is 1. The monoisotopic (exact) mass is 371 g/mol. The van der Waals surface area contributed by atoms with Crippen molar-refractivity contribution in [3.8, 4) is 0 Å². The summed E-state index contributed by atoms with van der Waals surface area (Å²) in [5.74, 6) is 1.06. The van der Waals surface area contributed by atoms with Gasteiger partial charge in [0.05, 0.1) is 0 Å². The predicted octanol–water partition coefficient (Wildman–Crippen LogP) is 3.14. The number of rotatable bonds is 5. The van der Waals surface area contributed by atoms with Crippen LogP contribution < -0.4 is 15.5 Å². The fourth-order valence-electron chi connectivity index (χ4n) is 3.39. The maximum absolute atomic E-state index is 13.0. The number of carbonyl (C=O) groups excluding carboxylic acids is 1. The molecule has 0 atom stereocenters. The van der Waals surface area contributed by atoms with Crippen molar-refractivity contribution >= 4 is 17.7 Å². The van der Waals surface area contributed by atoms with Crippen molar-refractivity contribution < 1.29 is 9.18 Å². The molecule has 1 heterocycles. The second-order valence-corrected chi connectivity index (χ2v) is 7.27. The van der Waals surface area contributed by atoms with Crippen LogP contribution in [-0.2, 0) is 0 Å². The number of benzene rings is 1.